The number of carbonyl (C=O) groups excluding carboxylic acids is 1. The molecule has 104 valence electrons. The first-order chi connectivity index (χ1) is 9.61. The Balaban J connectivity index is 2.20. The second kappa shape index (κ2) is 6.38. The number of likely N-dealkylation sites (N-methyl/N-ethyl adjacent to an activating group) is 1. The van der Waals surface area contributed by atoms with E-state index in [0.29, 0.717) is 13.0 Å². The fraction of sp³-hybridized carbons (Fsp3) is 0.278. The van der Waals surface area contributed by atoms with Crippen molar-refractivity contribution in [1.29, 1.82) is 0 Å². The Bertz CT molecular complexity index is 604. The number of benzene rings is 2. The maximum absolute atomic E-state index is 12.5. The topological polar surface area (TPSA) is 20.3 Å². The lowest BCUT2D eigenvalue weighted by atomic mass is 10.0. The minimum Gasteiger partial charge on any atom is -0.312 e. The van der Waals surface area contributed by atoms with Gasteiger partial charge in [0, 0.05) is 12.2 Å². The molecule has 0 atom stereocenters. The molecule has 0 aliphatic rings. The highest BCUT2D eigenvalue weighted by Gasteiger charge is 2.15. The molecular weight excluding hydrogens is 246 g/mol. The molecule has 0 N–H and O–H groups in total. The Labute approximate surface area is 121 Å². The molecule has 0 aliphatic heterocycles. The third-order valence-corrected chi connectivity index (χ3v) is 3.53. The average Bonchev–Trinajstić information content (AvgIpc) is 2.42. The fourth-order valence-electron chi connectivity index (χ4n) is 2.37. The Kier molecular flexibility index (Phi) is 4.57. The first-order valence-corrected chi connectivity index (χ1v) is 7.03. The molecule has 0 saturated carbocycles. The molecular formula is C18H21NO. The highest BCUT2D eigenvalue weighted by atomic mass is 16.2. The van der Waals surface area contributed by atoms with E-state index >= 15 is 0 Å². The van der Waals surface area contributed by atoms with Crippen LogP contribution in [0.5, 0.6) is 0 Å². The highest BCUT2D eigenvalue weighted by molar-refractivity contribution is 5.94. The second-order valence-corrected chi connectivity index (χ2v) is 5.08. The van der Waals surface area contributed by atoms with Gasteiger partial charge in [-0.3, -0.25) is 4.79 Å². The van der Waals surface area contributed by atoms with Crippen molar-refractivity contribution < 1.29 is 4.79 Å². The quantitative estimate of drug-likeness (QED) is 0.822. The molecule has 1 amide bonds. The van der Waals surface area contributed by atoms with E-state index in [1.165, 1.54) is 11.1 Å². The van der Waals surface area contributed by atoms with Crippen LogP contribution >= 0.6 is 0 Å². The van der Waals surface area contributed by atoms with Gasteiger partial charge in [-0.05, 0) is 49.6 Å². The molecule has 0 bridgehead atoms. The van der Waals surface area contributed by atoms with Crippen molar-refractivity contribution in [1.82, 2.24) is 0 Å². The number of carbonyl (C=O) groups is 1. The van der Waals surface area contributed by atoms with E-state index in [0.717, 1.165) is 11.3 Å². The van der Waals surface area contributed by atoms with Crippen LogP contribution in [0.15, 0.2) is 48.5 Å². The number of nitrogens with zero attached hydrogens (tertiary/aromatic N) is 1. The van der Waals surface area contributed by atoms with Gasteiger partial charge in [0.2, 0.25) is 5.91 Å². The molecule has 0 radical (unpaired) electrons. The van der Waals surface area contributed by atoms with Crippen LogP contribution in [0, 0.1) is 13.8 Å². The predicted octanol–water partition coefficient (Wildman–Crippen LogP) is 3.90. The van der Waals surface area contributed by atoms with E-state index in [2.05, 4.69) is 6.07 Å². The van der Waals surface area contributed by atoms with Crippen molar-refractivity contribution in [3.63, 3.8) is 0 Å². The number of aryl methyl sites for hydroxylation is 2. The molecule has 0 heterocycles. The molecule has 20 heavy (non-hydrogen) atoms. The Hall–Kier alpha value is -2.09. The van der Waals surface area contributed by atoms with Gasteiger partial charge in [-0.15, -0.1) is 0 Å². The number of amides is 1. The summed E-state index contributed by atoms with van der Waals surface area (Å²) < 4.78 is 0. The van der Waals surface area contributed by atoms with Gasteiger partial charge < -0.3 is 4.90 Å². The summed E-state index contributed by atoms with van der Waals surface area (Å²) in [6, 6.07) is 16.1. The van der Waals surface area contributed by atoms with Gasteiger partial charge >= 0.3 is 0 Å². The first-order valence-electron chi connectivity index (χ1n) is 7.03. The highest BCUT2D eigenvalue weighted by Crippen LogP contribution is 2.18. The minimum absolute atomic E-state index is 0.146. The molecule has 0 saturated heterocycles. The predicted molar refractivity (Wildman–Crippen MR) is 84.1 cm³/mol. The summed E-state index contributed by atoms with van der Waals surface area (Å²) in [5.41, 5.74) is 4.42. The summed E-state index contributed by atoms with van der Waals surface area (Å²) in [5.74, 6) is 0.146. The number of rotatable bonds is 4. The van der Waals surface area contributed by atoms with E-state index < -0.39 is 0 Å². The Morgan fingerprint density at radius 2 is 1.80 bits per heavy atom. The van der Waals surface area contributed by atoms with E-state index in [1.807, 2.05) is 68.1 Å². The molecule has 2 nitrogen and oxygen atoms in total. The third-order valence-electron chi connectivity index (χ3n) is 3.53. The van der Waals surface area contributed by atoms with Gasteiger partial charge in [-0.25, -0.2) is 0 Å². The Morgan fingerprint density at radius 3 is 2.45 bits per heavy atom. The molecule has 0 fully saturated rings. The summed E-state index contributed by atoms with van der Waals surface area (Å²) in [7, 11) is 0. The molecule has 0 aromatic heterocycles. The molecule has 2 aromatic carbocycles. The van der Waals surface area contributed by atoms with Crippen LogP contribution in [-0.4, -0.2) is 12.5 Å². The van der Waals surface area contributed by atoms with Gasteiger partial charge in [0.1, 0.15) is 0 Å². The van der Waals surface area contributed by atoms with E-state index in [1.54, 1.807) is 0 Å². The average molecular weight is 267 g/mol. The molecule has 0 spiro atoms. The van der Waals surface area contributed by atoms with Crippen molar-refractivity contribution >= 4 is 11.6 Å². The molecule has 2 heteroatoms. The van der Waals surface area contributed by atoms with E-state index in [-0.39, 0.29) is 5.91 Å². The van der Waals surface area contributed by atoms with E-state index in [9.17, 15) is 4.79 Å². The zero-order chi connectivity index (χ0) is 14.5. The van der Waals surface area contributed by atoms with Crippen molar-refractivity contribution in [2.45, 2.75) is 27.2 Å². The van der Waals surface area contributed by atoms with Crippen LogP contribution in [0.25, 0.3) is 0 Å². The molecule has 0 unspecified atom stereocenters. The number of hydrogen-bond donors (Lipinski definition) is 0. The van der Waals surface area contributed by atoms with Gasteiger partial charge in [-0.1, -0.05) is 36.4 Å². The first kappa shape index (κ1) is 14.3. The monoisotopic (exact) mass is 267 g/mol. The van der Waals surface area contributed by atoms with E-state index in [4.69, 9.17) is 0 Å². The van der Waals surface area contributed by atoms with Crippen LogP contribution in [0.3, 0.4) is 0 Å². The lowest BCUT2D eigenvalue weighted by Crippen LogP contribution is -2.32. The van der Waals surface area contributed by atoms with Crippen molar-refractivity contribution in [2.24, 2.45) is 0 Å². The molecule has 0 aliphatic carbocycles. The largest absolute Gasteiger partial charge is 0.312 e. The lowest BCUT2D eigenvalue weighted by molar-refractivity contribution is -0.117. The summed E-state index contributed by atoms with van der Waals surface area (Å²) in [6.07, 6.45) is 0.453. The number of anilines is 1. The number of hydrogen-bond acceptors (Lipinski definition) is 1. The maximum atomic E-state index is 12.5. The van der Waals surface area contributed by atoms with Gasteiger partial charge in [0.25, 0.3) is 0 Å². The third kappa shape index (κ3) is 3.27. The summed E-state index contributed by atoms with van der Waals surface area (Å²) in [4.78, 5) is 14.4. The van der Waals surface area contributed by atoms with Crippen LogP contribution in [0.1, 0.15) is 23.6 Å². The van der Waals surface area contributed by atoms with Crippen molar-refractivity contribution in [3.8, 4) is 0 Å². The maximum Gasteiger partial charge on any atom is 0.231 e. The lowest BCUT2D eigenvalue weighted by Gasteiger charge is -2.22. The van der Waals surface area contributed by atoms with Gasteiger partial charge in [-0.2, -0.15) is 0 Å². The summed E-state index contributed by atoms with van der Waals surface area (Å²) >= 11 is 0. The summed E-state index contributed by atoms with van der Waals surface area (Å²) in [6.45, 7) is 6.79. The second-order valence-electron chi connectivity index (χ2n) is 5.08. The van der Waals surface area contributed by atoms with Gasteiger partial charge in [0.15, 0.2) is 0 Å². The smallest absolute Gasteiger partial charge is 0.231 e. The van der Waals surface area contributed by atoms with Crippen LogP contribution in [0.4, 0.5) is 5.69 Å². The minimum atomic E-state index is 0.146. The SMILES string of the molecule is CCN(C(=O)Cc1ccccc1C)c1cccc(C)c1. The van der Waals surface area contributed by atoms with Crippen molar-refractivity contribution in [3.05, 3.63) is 65.2 Å². The fourth-order valence-corrected chi connectivity index (χ4v) is 2.37. The van der Waals surface area contributed by atoms with Crippen LogP contribution < -0.4 is 4.90 Å². The Morgan fingerprint density at radius 1 is 1.05 bits per heavy atom. The zero-order valence-corrected chi connectivity index (χ0v) is 12.4. The normalized spacial score (nSPS) is 10.3. The van der Waals surface area contributed by atoms with Crippen LogP contribution in [0.2, 0.25) is 0 Å². The zero-order valence-electron chi connectivity index (χ0n) is 12.4. The summed E-state index contributed by atoms with van der Waals surface area (Å²) in [5, 5.41) is 0. The molecule has 2 aromatic rings. The van der Waals surface area contributed by atoms with Crippen LogP contribution in [-0.2, 0) is 11.2 Å². The molecule has 2 rings (SSSR count). The van der Waals surface area contributed by atoms with Gasteiger partial charge in [0.05, 0.1) is 6.42 Å². The standard InChI is InChI=1S/C18H21NO/c1-4-19(17-11-7-8-14(2)12-17)18(20)13-16-10-6-5-9-15(16)3/h5-12H,4,13H2,1-3H3. The van der Waals surface area contributed by atoms with Crippen molar-refractivity contribution in [2.75, 3.05) is 11.4 Å².